The van der Waals surface area contributed by atoms with E-state index in [0.29, 0.717) is 0 Å². The molecular weight excluding hydrogens is 967 g/mol. The predicted octanol–water partition coefficient (Wildman–Crippen LogP) is 11.7. The van der Waals surface area contributed by atoms with E-state index in [1.54, 1.807) is 0 Å². The van der Waals surface area contributed by atoms with Gasteiger partial charge in [-0.25, -0.2) is 0 Å². The maximum atomic E-state index is 5.99. The van der Waals surface area contributed by atoms with E-state index in [2.05, 4.69) is 249 Å². The molecule has 3 nitrogen and oxygen atoms in total. The van der Waals surface area contributed by atoms with Crippen molar-refractivity contribution in [2.75, 3.05) is 0 Å². The van der Waals surface area contributed by atoms with E-state index in [4.69, 9.17) is 15.0 Å². The summed E-state index contributed by atoms with van der Waals surface area (Å²) in [5.41, 5.74) is 10.8. The third-order valence-electron chi connectivity index (χ3n) is 14.2. The molecule has 0 fully saturated rings. The molecule has 4 heteroatoms. The van der Waals surface area contributed by atoms with Crippen LogP contribution in [0.4, 0.5) is 0 Å². The molecule has 3 aliphatic heterocycles. The minimum Gasteiger partial charge on any atom is -0.255 e. The molecule has 3 aromatic heterocycles. The van der Waals surface area contributed by atoms with Gasteiger partial charge >= 0.3 is 20.1 Å². The number of pyridine rings is 3. The number of hydrogen-bond donors (Lipinski definition) is 0. The van der Waals surface area contributed by atoms with Gasteiger partial charge < -0.3 is 0 Å². The van der Waals surface area contributed by atoms with Crippen LogP contribution in [0.3, 0.4) is 0 Å². The molecule has 1 aliphatic carbocycles. The molecule has 0 atom stereocenters. The number of benzene rings is 7. The molecule has 0 radical (unpaired) electrons. The van der Waals surface area contributed by atoms with Crippen molar-refractivity contribution >= 4 is 0 Å². The molecule has 4 aliphatic rings. The second-order valence-corrected chi connectivity index (χ2v) is 17.1. The first-order chi connectivity index (χ1) is 31.7. The van der Waals surface area contributed by atoms with Crippen molar-refractivity contribution in [3.63, 3.8) is 0 Å². The Kier molecular flexibility index (Phi) is 8.97. The third-order valence-corrected chi connectivity index (χ3v) is 14.2. The van der Waals surface area contributed by atoms with Crippen LogP contribution >= 0.6 is 0 Å². The van der Waals surface area contributed by atoms with Crippen LogP contribution in [0.2, 0.25) is 0 Å². The Bertz CT molecular complexity index is 2740. The van der Waals surface area contributed by atoms with Gasteiger partial charge in [0.2, 0.25) is 0 Å². The molecule has 10 aromatic rings. The summed E-state index contributed by atoms with van der Waals surface area (Å²) in [6.07, 6.45) is 0. The van der Waals surface area contributed by atoms with Crippen LogP contribution in [-0.2, 0) is 41.8 Å². The summed E-state index contributed by atoms with van der Waals surface area (Å²) in [6.45, 7) is 0. The average Bonchev–Trinajstić information content (AvgIpc) is 3.37. The van der Waals surface area contributed by atoms with Crippen molar-refractivity contribution in [3.8, 4) is 0 Å². The first kappa shape index (κ1) is 39.2. The van der Waals surface area contributed by atoms with E-state index in [9.17, 15) is 0 Å². The van der Waals surface area contributed by atoms with E-state index in [0.717, 1.165) is 89.8 Å². The summed E-state index contributed by atoms with van der Waals surface area (Å²) in [5, 5.41) is 0. The van der Waals surface area contributed by atoms with Crippen molar-refractivity contribution in [1.29, 1.82) is 0 Å². The fourth-order valence-electron chi connectivity index (χ4n) is 11.5. The second-order valence-electron chi connectivity index (χ2n) is 17.1. The maximum Gasteiger partial charge on any atom is 3.00 e. The van der Waals surface area contributed by atoms with Crippen molar-refractivity contribution < 1.29 is 20.1 Å². The summed E-state index contributed by atoms with van der Waals surface area (Å²) < 4.78 is 0. The summed E-state index contributed by atoms with van der Waals surface area (Å²) in [5.74, 6) is 0. The quantitative estimate of drug-likeness (QED) is 0.165. The summed E-state index contributed by atoms with van der Waals surface area (Å²) in [6, 6.07) is 95.4. The van der Waals surface area contributed by atoms with E-state index in [1.807, 2.05) is 0 Å². The van der Waals surface area contributed by atoms with E-state index < -0.39 is 21.7 Å². The fraction of sp³-hybridized carbons (Fsp3) is 0.0656. The standard InChI is InChI=1S/C61H38N3.Ir/c1-5-19-42(20-6-1)58-46-27-13-29-48(39-46)59(43-21-7-2-8-22-43)50-31-15-32-51(41-50)60(44-23-9-3-10-24-44,49-30-14-28-47(58)40-49)54-35-18-38-57(64-54)61(45-25-11-4-12-26-45,55-36-16-33-52(58)62-55)56-37-17-34-53(59)63-56;/h1-38H;/q-3;+3. The van der Waals surface area contributed by atoms with Gasteiger partial charge in [0.05, 0.1) is 34.2 Å². The molecule has 16 bridgehead atoms. The number of aromatic nitrogens is 3. The summed E-state index contributed by atoms with van der Waals surface area (Å²) in [4.78, 5) is 18.0. The molecule has 0 amide bonds. The molecule has 0 saturated carbocycles. The topological polar surface area (TPSA) is 38.7 Å². The number of rotatable bonds is 4. The summed E-state index contributed by atoms with van der Waals surface area (Å²) >= 11 is 0. The van der Waals surface area contributed by atoms with E-state index in [-0.39, 0.29) is 20.1 Å². The fourth-order valence-corrected chi connectivity index (χ4v) is 11.5. The van der Waals surface area contributed by atoms with E-state index in [1.165, 1.54) is 0 Å². The van der Waals surface area contributed by atoms with Gasteiger partial charge in [0.25, 0.3) is 0 Å². The molecule has 0 spiro atoms. The number of nitrogens with zero attached hydrogens (tertiary/aromatic N) is 3. The van der Waals surface area contributed by atoms with E-state index >= 15 is 0 Å². The van der Waals surface area contributed by atoms with Crippen LogP contribution in [0.1, 0.15) is 89.8 Å². The van der Waals surface area contributed by atoms with Gasteiger partial charge in [0.1, 0.15) is 5.41 Å². The minimum absolute atomic E-state index is 0. The molecule has 0 saturated heterocycles. The van der Waals surface area contributed by atoms with Gasteiger partial charge in [-0.2, -0.15) is 72.8 Å². The SMILES string of the molecule is [Ir+3].[c-]1c2cccc1C1(c3ccccc3)c3[c-]c(ccc3)C3(c4ccccc4)c4[c-]c(ccc4)C2(c2ccccc2)c2cccc(n2)C(c2ccccc2)(c2cccc1n2)c1cccc3n1. The van der Waals surface area contributed by atoms with Crippen LogP contribution in [0.15, 0.2) is 231 Å². The van der Waals surface area contributed by atoms with Crippen molar-refractivity contribution in [2.24, 2.45) is 0 Å². The Labute approximate surface area is 393 Å². The summed E-state index contributed by atoms with van der Waals surface area (Å²) in [7, 11) is 0. The van der Waals surface area contributed by atoms with Gasteiger partial charge in [-0.05, 0) is 58.7 Å². The van der Waals surface area contributed by atoms with Crippen LogP contribution in [0, 0.1) is 18.2 Å². The van der Waals surface area contributed by atoms with Crippen LogP contribution in [0.5, 0.6) is 0 Å². The zero-order valence-electron chi connectivity index (χ0n) is 35.1. The van der Waals surface area contributed by atoms with Crippen molar-refractivity contribution in [1.82, 2.24) is 15.0 Å². The third kappa shape index (κ3) is 5.18. The van der Waals surface area contributed by atoms with Gasteiger partial charge in [-0.15, -0.1) is 33.4 Å². The molecule has 14 rings (SSSR count). The smallest absolute Gasteiger partial charge is 0.255 e. The van der Waals surface area contributed by atoms with Crippen LogP contribution in [0.25, 0.3) is 0 Å². The first-order valence-corrected chi connectivity index (χ1v) is 21.9. The minimum atomic E-state index is -1.10. The Morgan fingerprint density at radius 2 is 0.415 bits per heavy atom. The maximum absolute atomic E-state index is 5.99. The Hall–Kier alpha value is -7.36. The second kappa shape index (κ2) is 14.9. The monoisotopic (exact) mass is 1010 g/mol. The molecule has 7 aromatic carbocycles. The van der Waals surface area contributed by atoms with Gasteiger partial charge in [-0.1, -0.05) is 140 Å². The van der Waals surface area contributed by atoms with Crippen molar-refractivity contribution in [2.45, 2.75) is 21.7 Å². The Morgan fingerprint density at radius 3 is 0.662 bits per heavy atom. The molecule has 65 heavy (non-hydrogen) atoms. The van der Waals surface area contributed by atoms with Crippen LogP contribution < -0.4 is 0 Å². The largest absolute Gasteiger partial charge is 3.00 e. The number of hydrogen-bond acceptors (Lipinski definition) is 3. The van der Waals surface area contributed by atoms with Crippen molar-refractivity contribution in [3.05, 3.63) is 339 Å². The van der Waals surface area contributed by atoms with Crippen LogP contribution in [-0.4, -0.2) is 15.0 Å². The Morgan fingerprint density at radius 1 is 0.215 bits per heavy atom. The van der Waals surface area contributed by atoms with Gasteiger partial charge in [0, 0.05) is 16.2 Å². The zero-order chi connectivity index (χ0) is 42.4. The van der Waals surface area contributed by atoms with Gasteiger partial charge in [0.15, 0.2) is 0 Å². The molecule has 6 heterocycles. The molecular formula is C61H38IrN3. The zero-order valence-corrected chi connectivity index (χ0v) is 37.5. The predicted molar refractivity (Wildman–Crippen MR) is 250 cm³/mol. The molecule has 0 unspecified atom stereocenters. The van der Waals surface area contributed by atoms with Gasteiger partial charge in [-0.3, -0.25) is 15.0 Å². The molecule has 0 N–H and O–H groups in total. The Balaban J connectivity index is 0.00000444. The normalized spacial score (nSPS) is 21.7. The first-order valence-electron chi connectivity index (χ1n) is 21.9. The average molecular weight is 1010 g/mol. The molecule has 306 valence electrons.